The Labute approximate surface area is 173 Å². The van der Waals surface area contributed by atoms with Crippen molar-refractivity contribution < 1.29 is 17.9 Å². The number of ether oxygens (including phenoxy) is 1. The molecule has 2 aromatic rings. The fourth-order valence-corrected chi connectivity index (χ4v) is 4.10. The second kappa shape index (κ2) is 11.0. The van der Waals surface area contributed by atoms with Crippen LogP contribution in [0.2, 0.25) is 0 Å². The average molecular weight is 419 g/mol. The lowest BCUT2D eigenvalue weighted by Crippen LogP contribution is -2.31. The summed E-state index contributed by atoms with van der Waals surface area (Å²) in [6.45, 7) is 6.83. The lowest BCUT2D eigenvalue weighted by Gasteiger charge is -2.10. The van der Waals surface area contributed by atoms with E-state index in [0.29, 0.717) is 18.7 Å². The minimum absolute atomic E-state index is 0.0675. The molecule has 0 saturated carbocycles. The quantitative estimate of drug-likeness (QED) is 0.549. The van der Waals surface area contributed by atoms with Crippen LogP contribution in [0.25, 0.3) is 0 Å². The van der Waals surface area contributed by atoms with E-state index < -0.39 is 10.0 Å². The molecule has 2 rings (SSSR count). The highest BCUT2D eigenvalue weighted by Crippen LogP contribution is 2.16. The molecule has 158 valence electrons. The Morgan fingerprint density at radius 1 is 0.931 bits per heavy atom. The lowest BCUT2D eigenvalue weighted by molar-refractivity contribution is -0.120. The molecule has 29 heavy (non-hydrogen) atoms. The van der Waals surface area contributed by atoms with Crippen molar-refractivity contribution in [3.8, 4) is 5.75 Å². The molecule has 0 saturated heterocycles. The SMILES string of the molecule is Cc1ccc(OCCCCNC(=O)CCNS(=O)(=O)c2cc(C)ccc2C)cc1. The van der Waals surface area contributed by atoms with E-state index in [2.05, 4.69) is 10.0 Å². The van der Waals surface area contributed by atoms with Gasteiger partial charge in [-0.15, -0.1) is 0 Å². The number of benzene rings is 2. The Morgan fingerprint density at radius 2 is 1.62 bits per heavy atom. The van der Waals surface area contributed by atoms with Gasteiger partial charge in [0.25, 0.3) is 0 Å². The minimum Gasteiger partial charge on any atom is -0.494 e. The summed E-state index contributed by atoms with van der Waals surface area (Å²) in [5.41, 5.74) is 2.75. The molecule has 0 fully saturated rings. The van der Waals surface area contributed by atoms with Crippen molar-refractivity contribution in [1.82, 2.24) is 10.0 Å². The van der Waals surface area contributed by atoms with Crippen LogP contribution in [-0.4, -0.2) is 34.0 Å². The number of amides is 1. The molecule has 0 heterocycles. The highest BCUT2D eigenvalue weighted by Gasteiger charge is 2.16. The Balaban J connectivity index is 1.61. The summed E-state index contributed by atoms with van der Waals surface area (Å²) in [5, 5.41) is 2.81. The van der Waals surface area contributed by atoms with Gasteiger partial charge in [0.05, 0.1) is 11.5 Å². The third kappa shape index (κ3) is 7.87. The zero-order chi connectivity index (χ0) is 21.3. The number of carbonyl (C=O) groups excluding carboxylic acids is 1. The summed E-state index contributed by atoms with van der Waals surface area (Å²) in [7, 11) is -3.62. The van der Waals surface area contributed by atoms with Gasteiger partial charge in [-0.1, -0.05) is 29.8 Å². The van der Waals surface area contributed by atoms with Crippen LogP contribution in [0.15, 0.2) is 47.4 Å². The second-order valence-electron chi connectivity index (χ2n) is 7.14. The second-order valence-corrected chi connectivity index (χ2v) is 8.87. The van der Waals surface area contributed by atoms with Crippen molar-refractivity contribution in [3.63, 3.8) is 0 Å². The summed E-state index contributed by atoms with van der Waals surface area (Å²) >= 11 is 0. The van der Waals surface area contributed by atoms with Crippen molar-refractivity contribution in [2.45, 2.75) is 44.9 Å². The predicted molar refractivity (Wildman–Crippen MR) is 115 cm³/mol. The van der Waals surface area contributed by atoms with E-state index in [1.165, 1.54) is 5.56 Å². The summed E-state index contributed by atoms with van der Waals surface area (Å²) in [5.74, 6) is 0.670. The number of hydrogen-bond acceptors (Lipinski definition) is 4. The molecule has 0 spiro atoms. The van der Waals surface area contributed by atoms with E-state index in [9.17, 15) is 13.2 Å². The fourth-order valence-electron chi connectivity index (χ4n) is 2.74. The standard InChI is InChI=1S/C22H30N2O4S/c1-17-7-10-20(11-8-17)28-15-5-4-13-23-22(25)12-14-24-29(26,27)21-16-18(2)6-9-19(21)3/h6-11,16,24H,4-5,12-15H2,1-3H3,(H,23,25). The van der Waals surface area contributed by atoms with E-state index >= 15 is 0 Å². The van der Waals surface area contributed by atoms with E-state index in [0.717, 1.165) is 24.2 Å². The number of hydrogen-bond donors (Lipinski definition) is 2. The van der Waals surface area contributed by atoms with E-state index in [4.69, 9.17) is 4.74 Å². The van der Waals surface area contributed by atoms with Crippen LogP contribution in [0.1, 0.15) is 36.0 Å². The molecule has 0 aromatic heterocycles. The normalized spacial score (nSPS) is 11.3. The first kappa shape index (κ1) is 22.9. The number of unbranched alkanes of at least 4 members (excludes halogenated alkanes) is 1. The first-order valence-corrected chi connectivity index (χ1v) is 11.3. The van der Waals surface area contributed by atoms with Crippen molar-refractivity contribution in [3.05, 3.63) is 59.2 Å². The molecular weight excluding hydrogens is 388 g/mol. The van der Waals surface area contributed by atoms with Gasteiger partial charge in [0.15, 0.2) is 0 Å². The Morgan fingerprint density at radius 3 is 2.34 bits per heavy atom. The van der Waals surface area contributed by atoms with Gasteiger partial charge in [0.1, 0.15) is 5.75 Å². The van der Waals surface area contributed by atoms with Gasteiger partial charge in [-0.25, -0.2) is 13.1 Å². The molecule has 0 aliphatic rings. The van der Waals surface area contributed by atoms with E-state index in [1.54, 1.807) is 19.1 Å². The highest BCUT2D eigenvalue weighted by molar-refractivity contribution is 7.89. The maximum atomic E-state index is 12.4. The van der Waals surface area contributed by atoms with Crippen LogP contribution < -0.4 is 14.8 Å². The largest absolute Gasteiger partial charge is 0.494 e. The van der Waals surface area contributed by atoms with Crippen LogP contribution in [0.3, 0.4) is 0 Å². The first-order chi connectivity index (χ1) is 13.8. The van der Waals surface area contributed by atoms with Crippen molar-refractivity contribution in [2.75, 3.05) is 19.7 Å². The number of nitrogens with one attached hydrogen (secondary N) is 2. The molecule has 1 amide bonds. The maximum absolute atomic E-state index is 12.4. The molecule has 0 radical (unpaired) electrons. The molecule has 2 aromatic carbocycles. The smallest absolute Gasteiger partial charge is 0.240 e. The number of aryl methyl sites for hydroxylation is 3. The Bertz CT molecular complexity index is 909. The van der Waals surface area contributed by atoms with Gasteiger partial charge in [-0.3, -0.25) is 4.79 Å². The number of rotatable bonds is 11. The topological polar surface area (TPSA) is 84.5 Å². The van der Waals surface area contributed by atoms with Gasteiger partial charge < -0.3 is 10.1 Å². The third-order valence-corrected chi connectivity index (χ3v) is 6.06. The summed E-state index contributed by atoms with van der Waals surface area (Å²) in [4.78, 5) is 12.2. The zero-order valence-electron chi connectivity index (χ0n) is 17.3. The number of sulfonamides is 1. The molecule has 0 unspecified atom stereocenters. The lowest BCUT2D eigenvalue weighted by atomic mass is 10.2. The summed E-state index contributed by atoms with van der Waals surface area (Å²) in [6.07, 6.45) is 1.73. The van der Waals surface area contributed by atoms with Gasteiger partial charge in [0.2, 0.25) is 15.9 Å². The third-order valence-electron chi connectivity index (χ3n) is 4.46. The Kier molecular flexibility index (Phi) is 8.67. The molecule has 0 bridgehead atoms. The fraction of sp³-hybridized carbons (Fsp3) is 0.409. The van der Waals surface area contributed by atoms with Crippen molar-refractivity contribution >= 4 is 15.9 Å². The van der Waals surface area contributed by atoms with Crippen LogP contribution >= 0.6 is 0 Å². The van der Waals surface area contributed by atoms with Crippen molar-refractivity contribution in [2.24, 2.45) is 0 Å². The van der Waals surface area contributed by atoms with Gasteiger partial charge in [-0.05, 0) is 62.9 Å². The molecule has 7 heteroatoms. The van der Waals surface area contributed by atoms with Gasteiger partial charge in [-0.2, -0.15) is 0 Å². The maximum Gasteiger partial charge on any atom is 0.240 e. The summed E-state index contributed by atoms with van der Waals surface area (Å²) < 4.78 is 32.9. The predicted octanol–water partition coefficient (Wildman–Crippen LogP) is 3.26. The first-order valence-electron chi connectivity index (χ1n) is 9.81. The van der Waals surface area contributed by atoms with Crippen LogP contribution in [0.4, 0.5) is 0 Å². The molecule has 0 atom stereocenters. The highest BCUT2D eigenvalue weighted by atomic mass is 32.2. The monoisotopic (exact) mass is 418 g/mol. The molecule has 6 nitrogen and oxygen atoms in total. The van der Waals surface area contributed by atoms with Crippen molar-refractivity contribution in [1.29, 1.82) is 0 Å². The zero-order valence-corrected chi connectivity index (χ0v) is 18.1. The average Bonchev–Trinajstić information content (AvgIpc) is 2.67. The van der Waals surface area contributed by atoms with E-state index in [1.807, 2.05) is 44.2 Å². The Hall–Kier alpha value is -2.38. The van der Waals surface area contributed by atoms with Gasteiger partial charge in [0, 0.05) is 19.5 Å². The molecular formula is C22H30N2O4S. The molecule has 0 aliphatic carbocycles. The van der Waals surface area contributed by atoms with Crippen LogP contribution in [0, 0.1) is 20.8 Å². The van der Waals surface area contributed by atoms with E-state index in [-0.39, 0.29) is 23.8 Å². The minimum atomic E-state index is -3.62. The van der Waals surface area contributed by atoms with Crippen LogP contribution in [-0.2, 0) is 14.8 Å². The number of carbonyl (C=O) groups is 1. The van der Waals surface area contributed by atoms with Crippen LogP contribution in [0.5, 0.6) is 5.75 Å². The molecule has 0 aliphatic heterocycles. The van der Waals surface area contributed by atoms with Gasteiger partial charge >= 0.3 is 0 Å². The summed E-state index contributed by atoms with van der Waals surface area (Å²) in [6, 6.07) is 13.2. The molecule has 2 N–H and O–H groups in total.